The van der Waals surface area contributed by atoms with Gasteiger partial charge in [0.1, 0.15) is 17.7 Å². The summed E-state index contributed by atoms with van der Waals surface area (Å²) in [5.74, 6) is -0.697. The molecule has 0 fully saturated rings. The monoisotopic (exact) mass is 549 g/mol. The van der Waals surface area contributed by atoms with Gasteiger partial charge in [-0.25, -0.2) is 4.79 Å². The van der Waals surface area contributed by atoms with Crippen LogP contribution in [0.25, 0.3) is 0 Å². The first-order chi connectivity index (χ1) is 17.8. The van der Waals surface area contributed by atoms with Gasteiger partial charge in [-0.2, -0.15) is 11.8 Å². The molecule has 9 nitrogen and oxygen atoms in total. The summed E-state index contributed by atoms with van der Waals surface area (Å²) in [7, 11) is 0. The molecule has 2 N–H and O–H groups in total. The fourth-order valence-corrected chi connectivity index (χ4v) is 4.20. The minimum Gasteiger partial charge on any atom is -0.466 e. The SMILES string of the molecule is C=CCN(C(=O)C(CCSC)NC(=O)OC(C)(C)C)C(C(=O)NCCC(=O)OCC)c1cc(C)ccc1C. The Morgan fingerprint density at radius 1 is 1.18 bits per heavy atom. The molecular weight excluding hydrogens is 506 g/mol. The molecule has 10 heteroatoms. The second kappa shape index (κ2) is 16.1. The Morgan fingerprint density at radius 3 is 2.45 bits per heavy atom. The third-order valence-electron chi connectivity index (χ3n) is 5.43. The highest BCUT2D eigenvalue weighted by atomic mass is 32.2. The fourth-order valence-electron chi connectivity index (χ4n) is 3.73. The number of esters is 1. The number of hydrogen-bond donors (Lipinski definition) is 2. The molecule has 3 amide bonds. The smallest absolute Gasteiger partial charge is 0.408 e. The first-order valence-corrected chi connectivity index (χ1v) is 14.1. The predicted molar refractivity (Wildman–Crippen MR) is 151 cm³/mol. The molecule has 0 saturated carbocycles. The lowest BCUT2D eigenvalue weighted by Gasteiger charge is -2.34. The molecule has 0 radical (unpaired) electrons. The number of hydrogen-bond acceptors (Lipinski definition) is 7. The van der Waals surface area contributed by atoms with Crippen LogP contribution in [-0.2, 0) is 23.9 Å². The van der Waals surface area contributed by atoms with Crippen LogP contribution in [-0.4, -0.2) is 72.1 Å². The quantitative estimate of drug-likeness (QED) is 0.266. The summed E-state index contributed by atoms with van der Waals surface area (Å²) in [6.45, 7) is 14.9. The molecule has 1 rings (SSSR count). The zero-order chi connectivity index (χ0) is 28.9. The van der Waals surface area contributed by atoms with Crippen LogP contribution in [0.5, 0.6) is 0 Å². The molecular formula is C28H43N3O6S. The maximum Gasteiger partial charge on any atom is 0.408 e. The minimum atomic E-state index is -1.01. The van der Waals surface area contributed by atoms with Gasteiger partial charge in [0.2, 0.25) is 11.8 Å². The van der Waals surface area contributed by atoms with Crippen molar-refractivity contribution in [3.63, 3.8) is 0 Å². The molecule has 2 atom stereocenters. The van der Waals surface area contributed by atoms with Crippen molar-refractivity contribution in [2.75, 3.05) is 31.7 Å². The molecule has 0 aliphatic rings. The van der Waals surface area contributed by atoms with Gasteiger partial charge < -0.3 is 25.0 Å². The van der Waals surface area contributed by atoms with Crippen LogP contribution in [0.2, 0.25) is 0 Å². The number of aryl methyl sites for hydroxylation is 2. The maximum atomic E-state index is 14.0. The summed E-state index contributed by atoms with van der Waals surface area (Å²) in [5.41, 5.74) is 1.66. The van der Waals surface area contributed by atoms with E-state index in [0.717, 1.165) is 11.1 Å². The Morgan fingerprint density at radius 2 is 1.87 bits per heavy atom. The summed E-state index contributed by atoms with van der Waals surface area (Å²) in [6, 6.07) is 3.76. The van der Waals surface area contributed by atoms with Crippen molar-refractivity contribution < 1.29 is 28.7 Å². The average Bonchev–Trinajstić information content (AvgIpc) is 2.82. The van der Waals surface area contributed by atoms with Crippen molar-refractivity contribution in [1.82, 2.24) is 15.5 Å². The molecule has 0 saturated heterocycles. The normalized spacial score (nSPS) is 12.6. The van der Waals surface area contributed by atoms with E-state index in [1.165, 1.54) is 16.7 Å². The lowest BCUT2D eigenvalue weighted by atomic mass is 9.96. The zero-order valence-electron chi connectivity index (χ0n) is 23.7. The zero-order valence-corrected chi connectivity index (χ0v) is 24.5. The number of ether oxygens (including phenoxy) is 2. The Labute approximate surface area is 231 Å². The van der Waals surface area contributed by atoms with Gasteiger partial charge in [0, 0.05) is 13.1 Å². The Kier molecular flexibility index (Phi) is 14.0. The summed E-state index contributed by atoms with van der Waals surface area (Å²) in [6.07, 6.45) is 3.09. The van der Waals surface area contributed by atoms with Gasteiger partial charge in [-0.3, -0.25) is 14.4 Å². The number of amides is 3. The minimum absolute atomic E-state index is 0.00501. The summed E-state index contributed by atoms with van der Waals surface area (Å²) in [5, 5.41) is 5.48. The number of nitrogens with one attached hydrogen (secondary N) is 2. The molecule has 0 aliphatic carbocycles. The number of rotatable bonds is 14. The molecule has 0 aliphatic heterocycles. The topological polar surface area (TPSA) is 114 Å². The maximum absolute atomic E-state index is 14.0. The molecule has 1 aromatic carbocycles. The Balaban J connectivity index is 3.42. The molecule has 38 heavy (non-hydrogen) atoms. The van der Waals surface area contributed by atoms with E-state index in [0.29, 0.717) is 17.7 Å². The van der Waals surface area contributed by atoms with Gasteiger partial charge in [-0.1, -0.05) is 29.8 Å². The van der Waals surface area contributed by atoms with Gasteiger partial charge in [0.15, 0.2) is 0 Å². The summed E-state index contributed by atoms with van der Waals surface area (Å²) < 4.78 is 10.3. The highest BCUT2D eigenvalue weighted by Gasteiger charge is 2.36. The van der Waals surface area contributed by atoms with E-state index < -0.39 is 41.6 Å². The molecule has 1 aromatic rings. The first kappa shape index (κ1) is 33.0. The fraction of sp³-hybridized carbons (Fsp3) is 0.571. The number of thioether (sulfide) groups is 1. The highest BCUT2D eigenvalue weighted by Crippen LogP contribution is 2.27. The van der Waals surface area contributed by atoms with Gasteiger partial charge >= 0.3 is 12.1 Å². The highest BCUT2D eigenvalue weighted by molar-refractivity contribution is 7.98. The van der Waals surface area contributed by atoms with Crippen LogP contribution < -0.4 is 10.6 Å². The number of carbonyl (C=O) groups excluding carboxylic acids is 4. The van der Waals surface area contributed by atoms with Crippen molar-refractivity contribution in [1.29, 1.82) is 0 Å². The van der Waals surface area contributed by atoms with Crippen LogP contribution in [0.4, 0.5) is 4.79 Å². The molecule has 0 spiro atoms. The van der Waals surface area contributed by atoms with Crippen molar-refractivity contribution in [3.05, 3.63) is 47.5 Å². The third kappa shape index (κ3) is 11.2. The Hall–Kier alpha value is -3.01. The molecule has 0 aromatic heterocycles. The Bertz CT molecular complexity index is 976. The van der Waals surface area contributed by atoms with Crippen LogP contribution >= 0.6 is 11.8 Å². The van der Waals surface area contributed by atoms with Crippen LogP contribution in [0.1, 0.15) is 63.3 Å². The van der Waals surface area contributed by atoms with Crippen molar-refractivity contribution in [2.45, 2.75) is 72.1 Å². The number of carbonyl (C=O) groups is 4. The van der Waals surface area contributed by atoms with Gasteiger partial charge in [-0.05, 0) is 71.1 Å². The van der Waals surface area contributed by atoms with Gasteiger partial charge in [0.25, 0.3) is 0 Å². The van der Waals surface area contributed by atoms with E-state index in [1.54, 1.807) is 33.8 Å². The second-order valence-corrected chi connectivity index (χ2v) is 10.9. The van der Waals surface area contributed by atoms with Crippen LogP contribution in [0.3, 0.4) is 0 Å². The average molecular weight is 550 g/mol. The van der Waals surface area contributed by atoms with E-state index >= 15 is 0 Å². The van der Waals surface area contributed by atoms with Crippen molar-refractivity contribution in [2.24, 2.45) is 0 Å². The lowest BCUT2D eigenvalue weighted by Crippen LogP contribution is -2.53. The molecule has 0 heterocycles. The molecule has 0 bridgehead atoms. The summed E-state index contributed by atoms with van der Waals surface area (Å²) >= 11 is 1.54. The standard InChI is InChI=1S/C28H43N3O6S/c1-9-16-31(26(34)22(14-17-38-8)30-27(35)37-28(5,6)7)24(21-18-19(3)11-12-20(21)4)25(33)29-15-13-23(32)36-10-2/h9,11-12,18,22,24H,1,10,13-17H2,2-8H3,(H,29,33)(H,30,35). The second-order valence-electron chi connectivity index (χ2n) is 9.87. The van der Waals surface area contributed by atoms with E-state index in [9.17, 15) is 19.2 Å². The van der Waals surface area contributed by atoms with E-state index in [2.05, 4.69) is 17.2 Å². The van der Waals surface area contributed by atoms with Gasteiger partial charge in [0.05, 0.1) is 13.0 Å². The third-order valence-corrected chi connectivity index (χ3v) is 6.08. The van der Waals surface area contributed by atoms with Crippen LogP contribution in [0, 0.1) is 13.8 Å². The first-order valence-electron chi connectivity index (χ1n) is 12.7. The van der Waals surface area contributed by atoms with Crippen LogP contribution in [0.15, 0.2) is 30.9 Å². The predicted octanol–water partition coefficient (Wildman–Crippen LogP) is 4.07. The molecule has 212 valence electrons. The molecule has 2 unspecified atom stereocenters. The number of nitrogens with zero attached hydrogens (tertiary/aromatic N) is 1. The van der Waals surface area contributed by atoms with Crippen molar-refractivity contribution in [3.8, 4) is 0 Å². The van der Waals surface area contributed by atoms with Crippen molar-refractivity contribution >= 4 is 35.6 Å². The number of alkyl carbamates (subject to hydrolysis) is 1. The van der Waals surface area contributed by atoms with E-state index in [-0.39, 0.29) is 26.1 Å². The van der Waals surface area contributed by atoms with Gasteiger partial charge in [-0.15, -0.1) is 6.58 Å². The number of benzene rings is 1. The summed E-state index contributed by atoms with van der Waals surface area (Å²) in [4.78, 5) is 53.4. The van der Waals surface area contributed by atoms with E-state index in [1.807, 2.05) is 38.3 Å². The largest absolute Gasteiger partial charge is 0.466 e. The lowest BCUT2D eigenvalue weighted by molar-refractivity contribution is -0.144. The van der Waals surface area contributed by atoms with E-state index in [4.69, 9.17) is 9.47 Å².